The first kappa shape index (κ1) is 21.4. The Labute approximate surface area is 189 Å². The molecule has 0 unspecified atom stereocenters. The lowest BCUT2D eigenvalue weighted by Gasteiger charge is -2.10. The third-order valence-electron chi connectivity index (χ3n) is 4.78. The second kappa shape index (κ2) is 9.54. The average Bonchev–Trinajstić information content (AvgIpc) is 3.10. The summed E-state index contributed by atoms with van der Waals surface area (Å²) < 4.78 is 21.4. The minimum absolute atomic E-state index is 0.313. The van der Waals surface area contributed by atoms with Crippen molar-refractivity contribution in [1.29, 1.82) is 0 Å². The Balaban J connectivity index is 1.70. The zero-order chi connectivity index (χ0) is 21.8. The molecular formula is C24H20ClFN2O2S. The normalized spacial score (nSPS) is 11.1. The smallest absolute Gasteiger partial charge is 0.338 e. The van der Waals surface area contributed by atoms with Crippen molar-refractivity contribution < 1.29 is 13.9 Å². The Kier molecular flexibility index (Phi) is 6.59. The van der Waals surface area contributed by atoms with Crippen LogP contribution in [0.3, 0.4) is 0 Å². The average molecular weight is 455 g/mol. The molecule has 0 saturated heterocycles. The fourth-order valence-electron chi connectivity index (χ4n) is 3.26. The number of carbonyl (C=O) groups excluding carboxylic acids is 1. The molecule has 0 aliphatic carbocycles. The van der Waals surface area contributed by atoms with Crippen LogP contribution in [0.2, 0.25) is 5.02 Å². The highest BCUT2D eigenvalue weighted by Crippen LogP contribution is 2.30. The predicted octanol–water partition coefficient (Wildman–Crippen LogP) is 6.35. The van der Waals surface area contributed by atoms with Crippen LogP contribution in [0, 0.1) is 5.82 Å². The molecule has 0 amide bonds. The molecule has 3 aromatic carbocycles. The topological polar surface area (TPSA) is 44.1 Å². The molecule has 0 spiro atoms. The zero-order valence-electron chi connectivity index (χ0n) is 16.8. The molecule has 0 fully saturated rings. The van der Waals surface area contributed by atoms with E-state index in [0.29, 0.717) is 40.6 Å². The molecule has 0 radical (unpaired) electrons. The van der Waals surface area contributed by atoms with Gasteiger partial charge in [-0.25, -0.2) is 14.2 Å². The summed E-state index contributed by atoms with van der Waals surface area (Å²) >= 11 is 7.31. The summed E-state index contributed by atoms with van der Waals surface area (Å²) in [6.45, 7) is 2.70. The lowest BCUT2D eigenvalue weighted by molar-refractivity contribution is 0.0526. The van der Waals surface area contributed by atoms with Crippen molar-refractivity contribution in [3.63, 3.8) is 0 Å². The summed E-state index contributed by atoms with van der Waals surface area (Å²) in [6, 6.07) is 20.1. The van der Waals surface area contributed by atoms with E-state index in [2.05, 4.69) is 4.57 Å². The molecule has 4 rings (SSSR count). The lowest BCUT2D eigenvalue weighted by Crippen LogP contribution is -2.04. The van der Waals surface area contributed by atoms with Gasteiger partial charge < -0.3 is 9.30 Å². The number of benzene rings is 3. The highest BCUT2D eigenvalue weighted by atomic mass is 35.5. The van der Waals surface area contributed by atoms with E-state index < -0.39 is 0 Å². The maximum Gasteiger partial charge on any atom is 0.338 e. The van der Waals surface area contributed by atoms with Crippen molar-refractivity contribution in [2.45, 2.75) is 24.4 Å². The number of imidazole rings is 1. The number of hydrogen-bond acceptors (Lipinski definition) is 4. The van der Waals surface area contributed by atoms with Crippen molar-refractivity contribution in [3.05, 3.63) is 94.3 Å². The van der Waals surface area contributed by atoms with Gasteiger partial charge >= 0.3 is 5.97 Å². The van der Waals surface area contributed by atoms with Gasteiger partial charge in [0.2, 0.25) is 0 Å². The molecule has 1 heterocycles. The Bertz CT molecular complexity index is 1230. The summed E-state index contributed by atoms with van der Waals surface area (Å²) in [5.41, 5.74) is 3.73. The van der Waals surface area contributed by atoms with E-state index in [1.165, 1.54) is 17.8 Å². The number of nitrogens with zero attached hydrogens (tertiary/aromatic N) is 2. The Morgan fingerprint density at radius 1 is 1.13 bits per heavy atom. The predicted molar refractivity (Wildman–Crippen MR) is 122 cm³/mol. The van der Waals surface area contributed by atoms with Crippen LogP contribution in [-0.2, 0) is 17.0 Å². The van der Waals surface area contributed by atoms with Gasteiger partial charge in [0, 0.05) is 10.8 Å². The molecule has 4 nitrogen and oxygen atoms in total. The van der Waals surface area contributed by atoms with Gasteiger partial charge in [0.25, 0.3) is 0 Å². The number of halogens is 2. The number of carbonyl (C=O) groups is 1. The van der Waals surface area contributed by atoms with Crippen molar-refractivity contribution in [2.24, 2.45) is 0 Å². The van der Waals surface area contributed by atoms with Gasteiger partial charge in [-0.3, -0.25) is 0 Å². The number of hydrogen-bond donors (Lipinski definition) is 0. The SMILES string of the molecule is CCOC(=O)c1ccc2c(c1)nc(SCc1ccc(Cl)cc1F)n2Cc1ccccc1. The van der Waals surface area contributed by atoms with Gasteiger partial charge in [-0.1, -0.05) is 59.8 Å². The van der Waals surface area contributed by atoms with Crippen molar-refractivity contribution in [3.8, 4) is 0 Å². The van der Waals surface area contributed by atoms with Gasteiger partial charge in [-0.05, 0) is 48.4 Å². The van der Waals surface area contributed by atoms with Crippen LogP contribution in [0.1, 0.15) is 28.4 Å². The summed E-state index contributed by atoms with van der Waals surface area (Å²) in [6.07, 6.45) is 0. The molecule has 7 heteroatoms. The minimum atomic E-state index is -0.376. The lowest BCUT2D eigenvalue weighted by atomic mass is 10.2. The van der Waals surface area contributed by atoms with Crippen molar-refractivity contribution in [1.82, 2.24) is 9.55 Å². The molecule has 0 aliphatic rings. The zero-order valence-corrected chi connectivity index (χ0v) is 18.4. The van der Waals surface area contributed by atoms with Crippen LogP contribution in [0.25, 0.3) is 11.0 Å². The molecule has 0 aliphatic heterocycles. The van der Waals surface area contributed by atoms with Crippen molar-refractivity contribution >= 4 is 40.4 Å². The number of rotatable bonds is 7. The van der Waals surface area contributed by atoms with Gasteiger partial charge in [-0.15, -0.1) is 0 Å². The second-order valence-electron chi connectivity index (χ2n) is 6.91. The van der Waals surface area contributed by atoms with Crippen LogP contribution in [0.15, 0.2) is 71.9 Å². The van der Waals surface area contributed by atoms with Crippen LogP contribution in [0.5, 0.6) is 0 Å². The monoisotopic (exact) mass is 454 g/mol. The number of esters is 1. The number of aromatic nitrogens is 2. The van der Waals surface area contributed by atoms with E-state index in [0.717, 1.165) is 16.2 Å². The molecule has 158 valence electrons. The number of fused-ring (bicyclic) bond motifs is 1. The molecule has 31 heavy (non-hydrogen) atoms. The first-order chi connectivity index (χ1) is 15.0. The summed E-state index contributed by atoms with van der Waals surface area (Å²) in [5.74, 6) is -0.305. The quantitative estimate of drug-likeness (QED) is 0.241. The summed E-state index contributed by atoms with van der Waals surface area (Å²) in [5, 5.41) is 1.11. The molecule has 0 atom stereocenters. The third-order valence-corrected chi connectivity index (χ3v) is 6.04. The Hall–Kier alpha value is -2.83. The fourth-order valence-corrected chi connectivity index (χ4v) is 4.42. The molecule has 0 N–H and O–H groups in total. The standard InChI is InChI=1S/C24H20ClFN2O2S/c1-2-30-23(29)17-9-11-22-21(12-17)27-24(28(22)14-16-6-4-3-5-7-16)31-15-18-8-10-19(25)13-20(18)26/h3-13H,2,14-15H2,1H3. The van der Waals surface area contributed by atoms with Crippen molar-refractivity contribution in [2.75, 3.05) is 6.61 Å². The Morgan fingerprint density at radius 3 is 2.68 bits per heavy atom. The van der Waals surface area contributed by atoms with E-state index in [1.54, 1.807) is 31.2 Å². The summed E-state index contributed by atoms with van der Waals surface area (Å²) in [7, 11) is 0. The van der Waals surface area contributed by atoms with Gasteiger partial charge in [0.15, 0.2) is 5.16 Å². The largest absolute Gasteiger partial charge is 0.462 e. The van der Waals surface area contributed by atoms with Gasteiger partial charge in [-0.2, -0.15) is 0 Å². The van der Waals surface area contributed by atoms with Crippen LogP contribution < -0.4 is 0 Å². The van der Waals surface area contributed by atoms with E-state index in [-0.39, 0.29) is 11.8 Å². The maximum absolute atomic E-state index is 14.2. The Morgan fingerprint density at radius 2 is 1.94 bits per heavy atom. The highest BCUT2D eigenvalue weighted by Gasteiger charge is 2.16. The molecular weight excluding hydrogens is 435 g/mol. The first-order valence-electron chi connectivity index (χ1n) is 9.83. The second-order valence-corrected chi connectivity index (χ2v) is 8.29. The molecule has 1 aromatic heterocycles. The minimum Gasteiger partial charge on any atom is -0.462 e. The van der Waals surface area contributed by atoms with Crippen LogP contribution in [-0.4, -0.2) is 22.1 Å². The molecule has 0 saturated carbocycles. The van der Waals surface area contributed by atoms with E-state index in [1.807, 2.05) is 36.4 Å². The third kappa shape index (κ3) is 4.92. The van der Waals surface area contributed by atoms with Crippen LogP contribution in [0.4, 0.5) is 4.39 Å². The molecule has 4 aromatic rings. The number of thioether (sulfide) groups is 1. The maximum atomic E-state index is 14.2. The summed E-state index contributed by atoms with van der Waals surface area (Å²) in [4.78, 5) is 16.9. The van der Waals surface area contributed by atoms with E-state index in [9.17, 15) is 9.18 Å². The molecule has 0 bridgehead atoms. The van der Waals surface area contributed by atoms with Gasteiger partial charge in [0.1, 0.15) is 5.82 Å². The highest BCUT2D eigenvalue weighted by molar-refractivity contribution is 7.98. The van der Waals surface area contributed by atoms with E-state index >= 15 is 0 Å². The van der Waals surface area contributed by atoms with E-state index in [4.69, 9.17) is 21.3 Å². The number of ether oxygens (including phenoxy) is 1. The fraction of sp³-hybridized carbons (Fsp3) is 0.167. The van der Waals surface area contributed by atoms with Crippen LogP contribution >= 0.6 is 23.4 Å². The van der Waals surface area contributed by atoms with Gasteiger partial charge in [0.05, 0.1) is 29.7 Å². The first-order valence-corrected chi connectivity index (χ1v) is 11.2.